The molecule has 0 atom stereocenters. The lowest BCUT2D eigenvalue weighted by Gasteiger charge is -2.31. The number of benzene rings is 4. The van der Waals surface area contributed by atoms with Gasteiger partial charge in [0.2, 0.25) is 8.07 Å². The van der Waals surface area contributed by atoms with Crippen molar-refractivity contribution in [3.8, 4) is 16.8 Å². The minimum Gasteiger partial charge on any atom is -0.309 e. The van der Waals surface area contributed by atoms with Crippen LogP contribution >= 0.6 is 0 Å². The molecular formula is C40H28N4Si. The van der Waals surface area contributed by atoms with Crippen LogP contribution in [0.2, 0.25) is 0 Å². The van der Waals surface area contributed by atoms with E-state index in [9.17, 15) is 0 Å². The van der Waals surface area contributed by atoms with E-state index in [1.807, 2.05) is 36.8 Å². The molecule has 0 fully saturated rings. The highest BCUT2D eigenvalue weighted by Crippen LogP contribution is 2.39. The van der Waals surface area contributed by atoms with Crippen LogP contribution in [-0.2, 0) is 6.42 Å². The van der Waals surface area contributed by atoms with Gasteiger partial charge in [0.25, 0.3) is 0 Å². The molecule has 0 saturated carbocycles. The molecule has 0 spiro atoms. The Morgan fingerprint density at radius 2 is 0.956 bits per heavy atom. The number of pyridine rings is 3. The van der Waals surface area contributed by atoms with Crippen LogP contribution in [0.25, 0.3) is 38.6 Å². The van der Waals surface area contributed by atoms with Gasteiger partial charge >= 0.3 is 0 Å². The Balaban J connectivity index is 1.29. The average molecular weight is 593 g/mol. The highest BCUT2D eigenvalue weighted by Gasteiger charge is 2.46. The van der Waals surface area contributed by atoms with Crippen molar-refractivity contribution in [2.45, 2.75) is 6.42 Å². The maximum Gasteiger partial charge on any atom is 0.243 e. The summed E-state index contributed by atoms with van der Waals surface area (Å²) in [6, 6.07) is 50.1. The van der Waals surface area contributed by atoms with E-state index in [-0.39, 0.29) is 0 Å². The Kier molecular flexibility index (Phi) is 5.86. The standard InChI is InChI=1S/C40H28N4Si/c1-3-13-36-32(11-1)33-12-2-4-14-37(33)44(36)30-20-18-28-25-29-19-21-31(27-35(29)34(28)26-30)45(38-15-5-8-22-41-38,39-16-6-9-23-42-39)40-17-7-10-24-43-40/h1-24,26-27H,25H2. The number of aromatic nitrogens is 4. The second kappa shape index (κ2) is 10.2. The van der Waals surface area contributed by atoms with E-state index < -0.39 is 8.07 Å². The Labute approximate surface area is 262 Å². The molecule has 0 aliphatic heterocycles. The fourth-order valence-corrected chi connectivity index (χ4v) is 11.5. The summed E-state index contributed by atoms with van der Waals surface area (Å²) in [6.45, 7) is 0. The van der Waals surface area contributed by atoms with Gasteiger partial charge in [-0.1, -0.05) is 78.9 Å². The van der Waals surface area contributed by atoms with Crippen LogP contribution in [-0.4, -0.2) is 27.6 Å². The summed E-state index contributed by atoms with van der Waals surface area (Å²) >= 11 is 0. The van der Waals surface area contributed by atoms with E-state index in [0.717, 1.165) is 22.4 Å². The van der Waals surface area contributed by atoms with E-state index in [1.165, 1.54) is 54.9 Å². The molecule has 1 aliphatic carbocycles. The molecule has 0 amide bonds. The fraction of sp³-hybridized carbons (Fsp3) is 0.0250. The van der Waals surface area contributed by atoms with E-state index >= 15 is 0 Å². The van der Waals surface area contributed by atoms with Crippen LogP contribution in [0.3, 0.4) is 0 Å². The van der Waals surface area contributed by atoms with Crippen LogP contribution in [0.1, 0.15) is 11.1 Å². The minimum atomic E-state index is -2.94. The molecule has 0 bridgehead atoms. The van der Waals surface area contributed by atoms with Gasteiger partial charge in [0, 0.05) is 51.0 Å². The van der Waals surface area contributed by atoms with Crippen LogP contribution < -0.4 is 21.1 Å². The average Bonchev–Trinajstić information content (AvgIpc) is 3.65. The zero-order valence-electron chi connectivity index (χ0n) is 24.5. The lowest BCUT2D eigenvalue weighted by molar-refractivity contribution is 1.17. The summed E-state index contributed by atoms with van der Waals surface area (Å²) in [5.41, 5.74) is 8.88. The van der Waals surface area contributed by atoms with Crippen molar-refractivity contribution in [1.29, 1.82) is 0 Å². The fourth-order valence-electron chi connectivity index (χ4n) is 7.32. The molecule has 1 aliphatic rings. The second-order valence-electron chi connectivity index (χ2n) is 11.7. The third kappa shape index (κ3) is 3.87. The molecule has 0 N–H and O–H groups in total. The normalized spacial score (nSPS) is 12.4. The second-order valence-corrected chi connectivity index (χ2v) is 15.3. The quantitative estimate of drug-likeness (QED) is 0.233. The summed E-state index contributed by atoms with van der Waals surface area (Å²) in [7, 11) is -2.94. The number of hydrogen-bond acceptors (Lipinski definition) is 3. The highest BCUT2D eigenvalue weighted by molar-refractivity contribution is 7.18. The summed E-state index contributed by atoms with van der Waals surface area (Å²) in [4.78, 5) is 15.0. The first-order valence-electron chi connectivity index (χ1n) is 15.3. The maximum atomic E-state index is 5.00. The van der Waals surface area contributed by atoms with Crippen LogP contribution in [0.5, 0.6) is 0 Å². The molecule has 4 heterocycles. The number of hydrogen-bond donors (Lipinski definition) is 0. The molecule has 45 heavy (non-hydrogen) atoms. The number of nitrogens with zero attached hydrogens (tertiary/aromatic N) is 4. The van der Waals surface area contributed by atoms with Crippen molar-refractivity contribution in [2.75, 3.05) is 0 Å². The van der Waals surface area contributed by atoms with Crippen molar-refractivity contribution in [3.63, 3.8) is 0 Å². The van der Waals surface area contributed by atoms with E-state index in [4.69, 9.17) is 15.0 Å². The Morgan fingerprint density at radius 1 is 0.467 bits per heavy atom. The molecule has 8 aromatic rings. The molecular weight excluding hydrogens is 565 g/mol. The molecule has 0 unspecified atom stereocenters. The van der Waals surface area contributed by atoms with Gasteiger partial charge in [-0.3, -0.25) is 15.0 Å². The van der Waals surface area contributed by atoms with Crippen molar-refractivity contribution in [1.82, 2.24) is 19.5 Å². The third-order valence-electron chi connectivity index (χ3n) is 9.29. The number of rotatable bonds is 5. The van der Waals surface area contributed by atoms with Crippen molar-refractivity contribution >= 4 is 51.0 Å². The van der Waals surface area contributed by atoms with Gasteiger partial charge in [0.05, 0.1) is 11.0 Å². The van der Waals surface area contributed by atoms with Crippen LogP contribution in [0.4, 0.5) is 0 Å². The van der Waals surface area contributed by atoms with Gasteiger partial charge in [-0.2, -0.15) is 0 Å². The van der Waals surface area contributed by atoms with Gasteiger partial charge in [-0.05, 0) is 94.5 Å². The van der Waals surface area contributed by atoms with Crippen molar-refractivity contribution in [3.05, 3.63) is 169 Å². The van der Waals surface area contributed by atoms with Gasteiger partial charge < -0.3 is 4.57 Å². The molecule has 4 nitrogen and oxygen atoms in total. The van der Waals surface area contributed by atoms with Crippen molar-refractivity contribution < 1.29 is 0 Å². The Bertz CT molecular complexity index is 2200. The molecule has 5 heteroatoms. The third-order valence-corrected chi connectivity index (χ3v) is 13.7. The maximum absolute atomic E-state index is 5.00. The molecule has 4 aromatic heterocycles. The lowest BCUT2D eigenvalue weighted by Crippen LogP contribution is -2.76. The van der Waals surface area contributed by atoms with Gasteiger partial charge in [0.15, 0.2) is 0 Å². The Hall–Kier alpha value is -5.65. The lowest BCUT2D eigenvalue weighted by atomic mass is 10.0. The van der Waals surface area contributed by atoms with E-state index in [2.05, 4.69) is 126 Å². The first-order chi connectivity index (χ1) is 22.3. The molecule has 0 radical (unpaired) electrons. The molecule has 212 valence electrons. The summed E-state index contributed by atoms with van der Waals surface area (Å²) in [5, 5.41) is 6.85. The highest BCUT2D eigenvalue weighted by atomic mass is 28.3. The van der Waals surface area contributed by atoms with Gasteiger partial charge in [-0.15, -0.1) is 0 Å². The number of fused-ring (bicyclic) bond motifs is 6. The summed E-state index contributed by atoms with van der Waals surface area (Å²) in [5.74, 6) is 0. The zero-order valence-corrected chi connectivity index (χ0v) is 25.5. The first-order valence-corrected chi connectivity index (χ1v) is 17.3. The topological polar surface area (TPSA) is 43.6 Å². The monoisotopic (exact) mass is 592 g/mol. The zero-order chi connectivity index (χ0) is 29.8. The van der Waals surface area contributed by atoms with Crippen LogP contribution in [0.15, 0.2) is 158 Å². The predicted molar refractivity (Wildman–Crippen MR) is 186 cm³/mol. The summed E-state index contributed by atoms with van der Waals surface area (Å²) < 4.78 is 2.40. The SMILES string of the molecule is c1ccc([Si](c2ccc3c(c2)-c2cc(-n4c5ccccc5c5ccccc54)ccc2C3)(c2ccccn2)c2ccccn2)nc1. The van der Waals surface area contributed by atoms with E-state index in [1.54, 1.807) is 0 Å². The van der Waals surface area contributed by atoms with E-state index in [0.29, 0.717) is 0 Å². The van der Waals surface area contributed by atoms with Crippen LogP contribution in [0, 0.1) is 0 Å². The number of para-hydroxylation sites is 2. The smallest absolute Gasteiger partial charge is 0.243 e. The molecule has 0 saturated heterocycles. The predicted octanol–water partition coefficient (Wildman–Crippen LogP) is 5.92. The summed E-state index contributed by atoms with van der Waals surface area (Å²) in [6.07, 6.45) is 6.60. The Morgan fingerprint density at radius 3 is 1.49 bits per heavy atom. The van der Waals surface area contributed by atoms with Gasteiger partial charge in [0.1, 0.15) is 0 Å². The van der Waals surface area contributed by atoms with Gasteiger partial charge in [-0.25, -0.2) is 0 Å². The minimum absolute atomic E-state index is 0.920. The first kappa shape index (κ1) is 25.8. The van der Waals surface area contributed by atoms with Crippen molar-refractivity contribution in [2.24, 2.45) is 0 Å². The molecule has 9 rings (SSSR count). The molecule has 4 aromatic carbocycles. The largest absolute Gasteiger partial charge is 0.309 e.